The summed E-state index contributed by atoms with van der Waals surface area (Å²) >= 11 is 0. The molecule has 0 aliphatic carbocycles. The molecule has 2 nitrogen and oxygen atoms in total. The summed E-state index contributed by atoms with van der Waals surface area (Å²) in [4.78, 5) is 0. The van der Waals surface area contributed by atoms with Crippen LogP contribution in [-0.4, -0.2) is 54.9 Å². The Morgan fingerprint density at radius 3 is 1.25 bits per heavy atom. The van der Waals surface area contributed by atoms with Crippen molar-refractivity contribution in [1.82, 2.24) is 0 Å². The van der Waals surface area contributed by atoms with Crippen molar-refractivity contribution in [2.75, 3.05) is 0 Å². The normalized spacial score (nSPS) is 2.00. The third-order valence-corrected chi connectivity index (χ3v) is 0. The number of nitrogens with zero attached hydrogens (tertiary/aromatic N) is 2. The molecule has 0 aliphatic rings. The molecule has 0 saturated heterocycles. The van der Waals surface area contributed by atoms with Gasteiger partial charge in [0.05, 0.1) is 0 Å². The van der Waals surface area contributed by atoms with Crippen molar-refractivity contribution in [3.8, 4) is 0 Å². The first-order chi connectivity index (χ1) is 1.41. The molecule has 0 aromatic rings. The van der Waals surface area contributed by atoms with Crippen molar-refractivity contribution >= 4 is 54.9 Å². The Bertz CT molecular complexity index is 27.0. The van der Waals surface area contributed by atoms with Gasteiger partial charge in [-0.3, -0.25) is 0 Å². The van der Waals surface area contributed by atoms with Gasteiger partial charge in [0.15, 0.2) is 0 Å². The molecule has 16 valence electrons. The number of hydrogen-bond donors (Lipinski definition) is 0. The monoisotopic (exact) mass is 180 g/mol. The third kappa shape index (κ3) is 12.4. The van der Waals surface area contributed by atoms with E-state index >= 15 is 0 Å². The Morgan fingerprint density at radius 2 is 1.25 bits per heavy atom. The van der Waals surface area contributed by atoms with Crippen LogP contribution in [0.25, 0.3) is 10.8 Å². The Kier molecular flexibility index (Phi) is 20.1. The van der Waals surface area contributed by atoms with Crippen LogP contribution < -0.4 is 0 Å². The van der Waals surface area contributed by atoms with Crippen molar-refractivity contribution in [2.24, 2.45) is 0 Å². The minimum atomic E-state index is 0. The molecule has 0 amide bonds. The molecule has 0 rings (SSSR count). The van der Waals surface area contributed by atoms with Crippen LogP contribution in [0.1, 0.15) is 0 Å². The summed E-state index contributed by atoms with van der Waals surface area (Å²) in [5.41, 5.74) is 0. The molecular formula is CBaN2. The fourth-order valence-corrected chi connectivity index (χ4v) is 0. The van der Waals surface area contributed by atoms with Crippen LogP contribution in [0.15, 0.2) is 0 Å². The largest absolute Gasteiger partial charge is 2.00 e. The molecule has 0 aromatic carbocycles. The SMILES string of the molecule is [Ba+2].[N-]=[14C]=[N-]. The van der Waals surface area contributed by atoms with Crippen molar-refractivity contribution in [3.05, 3.63) is 10.8 Å². The van der Waals surface area contributed by atoms with Crippen LogP contribution in [0.2, 0.25) is 0 Å². The molecule has 0 bridgehead atoms. The summed E-state index contributed by atoms with van der Waals surface area (Å²) in [5.74, 6) is 0. The van der Waals surface area contributed by atoms with Gasteiger partial charge < -0.3 is 16.8 Å². The van der Waals surface area contributed by atoms with E-state index in [1.54, 1.807) is 0 Å². The second-order valence-electron chi connectivity index (χ2n) is 0.100. The van der Waals surface area contributed by atoms with Gasteiger partial charge in [0, 0.05) is 0 Å². The van der Waals surface area contributed by atoms with Gasteiger partial charge in [-0.1, -0.05) is 0 Å². The maximum Gasteiger partial charge on any atom is 2.00 e. The zero-order valence-electron chi connectivity index (χ0n) is 2.10. The average Bonchev–Trinajstić information content (AvgIpc) is 0.918. The first kappa shape index (κ1) is 8.88. The molecule has 0 heterocycles. The zero-order chi connectivity index (χ0) is 2.71. The zero-order valence-corrected chi connectivity index (χ0v) is 6.54. The van der Waals surface area contributed by atoms with Gasteiger partial charge in [0.2, 0.25) is 0 Å². The van der Waals surface area contributed by atoms with E-state index in [2.05, 4.69) is 0 Å². The van der Waals surface area contributed by atoms with E-state index in [9.17, 15) is 0 Å². The van der Waals surface area contributed by atoms with Gasteiger partial charge in [-0.15, -0.1) is 0 Å². The Morgan fingerprint density at radius 1 is 1.25 bits per heavy atom. The van der Waals surface area contributed by atoms with E-state index in [1.807, 2.05) is 0 Å². The molecule has 0 aromatic heterocycles. The van der Waals surface area contributed by atoms with Crippen LogP contribution in [0, 0.1) is 0 Å². The molecule has 0 unspecified atom stereocenters. The maximum absolute atomic E-state index is 6.88. The Labute approximate surface area is 64.7 Å². The summed E-state index contributed by atoms with van der Waals surface area (Å²) in [5, 5.41) is 13.8. The average molecular weight is 179 g/mol. The standard InChI is InChI=1S/CN2.Ba/c2-1-3;/q-2;+2/i1+2;. The molecule has 0 aliphatic heterocycles. The smallest absolute Gasteiger partial charge is 0.786 e. The predicted octanol–water partition coefficient (Wildman–Crippen LogP) is -0.0817. The van der Waals surface area contributed by atoms with Crippen molar-refractivity contribution in [2.45, 2.75) is 0 Å². The fraction of sp³-hybridized carbons (Fsp3) is 0. The van der Waals surface area contributed by atoms with Gasteiger partial charge in [-0.25, -0.2) is 0 Å². The Balaban J connectivity index is 0. The molecule has 0 fully saturated rings. The molecule has 0 spiro atoms. The van der Waals surface area contributed by atoms with Crippen LogP contribution in [0.3, 0.4) is 0 Å². The molecule has 4 heavy (non-hydrogen) atoms. The van der Waals surface area contributed by atoms with E-state index in [0.717, 1.165) is 6.01 Å². The molecule has 0 radical (unpaired) electrons. The van der Waals surface area contributed by atoms with Crippen molar-refractivity contribution in [3.63, 3.8) is 0 Å². The summed E-state index contributed by atoms with van der Waals surface area (Å²) in [7, 11) is 0. The van der Waals surface area contributed by atoms with Gasteiger partial charge >= 0.3 is 48.9 Å². The molecule has 0 N–H and O–H groups in total. The van der Waals surface area contributed by atoms with Crippen molar-refractivity contribution < 1.29 is 0 Å². The summed E-state index contributed by atoms with van der Waals surface area (Å²) in [6, 6.07) is 0.750. The molecular weight excluding hydrogens is 179 g/mol. The number of hydrogen-bond acceptors (Lipinski definition) is 0. The molecule has 0 atom stereocenters. The van der Waals surface area contributed by atoms with E-state index < -0.39 is 0 Å². The second kappa shape index (κ2) is 9.04. The van der Waals surface area contributed by atoms with Crippen LogP contribution in [0.4, 0.5) is 0 Å². The quantitative estimate of drug-likeness (QED) is 0.369. The predicted molar refractivity (Wildman–Crippen MR) is 17.5 cm³/mol. The Hall–Kier alpha value is 0.951. The van der Waals surface area contributed by atoms with Gasteiger partial charge in [-0.05, 0) is 0 Å². The summed E-state index contributed by atoms with van der Waals surface area (Å²) in [6.07, 6.45) is 0. The van der Waals surface area contributed by atoms with Crippen LogP contribution in [0.5, 0.6) is 0 Å². The first-order valence-corrected chi connectivity index (χ1v) is 0.447. The fourth-order valence-electron chi connectivity index (χ4n) is 0. The minimum Gasteiger partial charge on any atom is -0.786 e. The van der Waals surface area contributed by atoms with Crippen molar-refractivity contribution in [1.29, 1.82) is 0 Å². The van der Waals surface area contributed by atoms with Gasteiger partial charge in [-0.2, -0.15) is 0 Å². The van der Waals surface area contributed by atoms with E-state index in [0.29, 0.717) is 0 Å². The minimum absolute atomic E-state index is 0. The summed E-state index contributed by atoms with van der Waals surface area (Å²) < 4.78 is 0. The topological polar surface area (TPSA) is 44.6 Å². The van der Waals surface area contributed by atoms with Gasteiger partial charge in [0.1, 0.15) is 0 Å². The third-order valence-electron chi connectivity index (χ3n) is 0. The van der Waals surface area contributed by atoms with E-state index in [-0.39, 0.29) is 48.9 Å². The van der Waals surface area contributed by atoms with Gasteiger partial charge in [0.25, 0.3) is 0 Å². The first-order valence-electron chi connectivity index (χ1n) is 0.447. The summed E-state index contributed by atoms with van der Waals surface area (Å²) in [6.45, 7) is 0. The number of rotatable bonds is 0. The molecule has 3 heteroatoms. The van der Waals surface area contributed by atoms with E-state index in [4.69, 9.17) is 10.8 Å². The van der Waals surface area contributed by atoms with Crippen LogP contribution in [-0.2, 0) is 0 Å². The van der Waals surface area contributed by atoms with Crippen LogP contribution >= 0.6 is 0 Å². The second-order valence-corrected chi connectivity index (χ2v) is 0.100. The molecule has 0 saturated carbocycles. The van der Waals surface area contributed by atoms with E-state index in [1.165, 1.54) is 0 Å². The maximum atomic E-state index is 6.88.